The van der Waals surface area contributed by atoms with Gasteiger partial charge in [-0.25, -0.2) is 0 Å². The number of hydrogen-bond acceptors (Lipinski definition) is 5. The van der Waals surface area contributed by atoms with Crippen LogP contribution in [0.2, 0.25) is 0 Å². The van der Waals surface area contributed by atoms with Gasteiger partial charge in [0.2, 0.25) is 0 Å². The molecule has 0 aliphatic carbocycles. The summed E-state index contributed by atoms with van der Waals surface area (Å²) in [6.45, 7) is 0. The van der Waals surface area contributed by atoms with Crippen molar-refractivity contribution < 1.29 is 9.66 Å². The number of nitrogens with zero attached hydrogens (tertiary/aromatic N) is 1. The molecule has 2 rings (SSSR count). The molecule has 0 aliphatic heterocycles. The minimum Gasteiger partial charge on any atom is -0.497 e. The van der Waals surface area contributed by atoms with Gasteiger partial charge in [-0.2, -0.15) is 0 Å². The van der Waals surface area contributed by atoms with Crippen molar-refractivity contribution in [3.63, 3.8) is 0 Å². The van der Waals surface area contributed by atoms with Gasteiger partial charge >= 0.3 is 0 Å². The summed E-state index contributed by atoms with van der Waals surface area (Å²) in [5.41, 5.74) is 6.20. The number of rotatable bonds is 5. The molecular weight excluding hydrogens is 290 g/mol. The molecule has 2 aromatic carbocycles. The Hall–Kier alpha value is -2.54. The summed E-state index contributed by atoms with van der Waals surface area (Å²) in [4.78, 5) is 11.8. The number of ether oxygens (including phenoxy) is 1. The Morgan fingerprint density at radius 1 is 1.29 bits per heavy atom. The SMILES string of the molecule is COc1ccc(C(=N)N)c(Sc2ccc([N+](=O)[O-])cc2)c1. The lowest BCUT2D eigenvalue weighted by atomic mass is 10.2. The average molecular weight is 303 g/mol. The molecule has 0 saturated heterocycles. The maximum Gasteiger partial charge on any atom is 0.269 e. The first-order valence-corrected chi connectivity index (χ1v) is 6.77. The number of nitrogens with one attached hydrogen (secondary N) is 1. The molecule has 0 spiro atoms. The molecule has 0 unspecified atom stereocenters. The lowest BCUT2D eigenvalue weighted by Crippen LogP contribution is -2.12. The molecule has 0 atom stereocenters. The zero-order valence-electron chi connectivity index (χ0n) is 11.2. The fourth-order valence-electron chi connectivity index (χ4n) is 1.70. The van der Waals surface area contributed by atoms with E-state index in [0.717, 1.165) is 9.79 Å². The van der Waals surface area contributed by atoms with E-state index in [1.54, 1.807) is 37.4 Å². The van der Waals surface area contributed by atoms with Crippen LogP contribution in [-0.2, 0) is 0 Å². The van der Waals surface area contributed by atoms with Gasteiger partial charge in [-0.3, -0.25) is 15.5 Å². The van der Waals surface area contributed by atoms with Crippen molar-refractivity contribution in [1.29, 1.82) is 5.41 Å². The number of non-ortho nitro benzene ring substituents is 1. The first-order chi connectivity index (χ1) is 10.0. The number of amidine groups is 1. The van der Waals surface area contributed by atoms with Crippen LogP contribution in [-0.4, -0.2) is 17.9 Å². The van der Waals surface area contributed by atoms with Gasteiger partial charge in [-0.1, -0.05) is 11.8 Å². The summed E-state index contributed by atoms with van der Waals surface area (Å²) in [5, 5.41) is 18.2. The normalized spacial score (nSPS) is 10.1. The van der Waals surface area contributed by atoms with E-state index in [4.69, 9.17) is 15.9 Å². The van der Waals surface area contributed by atoms with Crippen molar-refractivity contribution in [1.82, 2.24) is 0 Å². The van der Waals surface area contributed by atoms with Crippen LogP contribution in [0, 0.1) is 15.5 Å². The summed E-state index contributed by atoms with van der Waals surface area (Å²) in [7, 11) is 1.56. The zero-order valence-corrected chi connectivity index (χ0v) is 12.0. The Bertz CT molecular complexity index is 686. The smallest absolute Gasteiger partial charge is 0.269 e. The number of nitro benzene ring substituents is 1. The minimum atomic E-state index is -0.443. The first-order valence-electron chi connectivity index (χ1n) is 5.96. The largest absolute Gasteiger partial charge is 0.497 e. The van der Waals surface area contributed by atoms with Crippen LogP contribution < -0.4 is 10.5 Å². The van der Waals surface area contributed by atoms with Crippen LogP contribution in [0.4, 0.5) is 5.69 Å². The zero-order chi connectivity index (χ0) is 15.4. The topological polar surface area (TPSA) is 102 Å². The second kappa shape index (κ2) is 6.27. The number of nitro groups is 1. The Morgan fingerprint density at radius 2 is 1.95 bits per heavy atom. The summed E-state index contributed by atoms with van der Waals surface area (Å²) in [6.07, 6.45) is 0. The molecule has 0 amide bonds. The lowest BCUT2D eigenvalue weighted by molar-refractivity contribution is -0.384. The summed E-state index contributed by atoms with van der Waals surface area (Å²) >= 11 is 1.37. The number of benzene rings is 2. The predicted molar refractivity (Wildman–Crippen MR) is 81.2 cm³/mol. The van der Waals surface area contributed by atoms with Crippen LogP contribution >= 0.6 is 11.8 Å². The second-order valence-electron chi connectivity index (χ2n) is 4.13. The number of nitrogens with two attached hydrogens (primary N) is 1. The van der Waals surface area contributed by atoms with Crippen molar-refractivity contribution in [2.45, 2.75) is 9.79 Å². The highest BCUT2D eigenvalue weighted by Crippen LogP contribution is 2.33. The average Bonchev–Trinajstić information content (AvgIpc) is 2.47. The molecule has 0 saturated carbocycles. The highest BCUT2D eigenvalue weighted by molar-refractivity contribution is 7.99. The highest BCUT2D eigenvalue weighted by Gasteiger charge is 2.10. The monoisotopic (exact) mass is 303 g/mol. The molecule has 0 aliphatic rings. The van der Waals surface area contributed by atoms with Gasteiger partial charge in [-0.05, 0) is 30.3 Å². The van der Waals surface area contributed by atoms with E-state index < -0.39 is 4.92 Å². The Balaban J connectivity index is 2.33. The maximum absolute atomic E-state index is 10.6. The highest BCUT2D eigenvalue weighted by atomic mass is 32.2. The fourth-order valence-corrected chi connectivity index (χ4v) is 2.69. The molecule has 0 radical (unpaired) electrons. The van der Waals surface area contributed by atoms with Gasteiger partial charge in [0.1, 0.15) is 11.6 Å². The van der Waals surface area contributed by atoms with Crippen LogP contribution in [0.5, 0.6) is 5.75 Å². The molecule has 0 bridgehead atoms. The quantitative estimate of drug-likeness (QED) is 0.382. The fraction of sp³-hybridized carbons (Fsp3) is 0.0714. The number of methoxy groups -OCH3 is 1. The van der Waals surface area contributed by atoms with E-state index in [2.05, 4.69) is 0 Å². The second-order valence-corrected chi connectivity index (χ2v) is 5.24. The summed E-state index contributed by atoms with van der Waals surface area (Å²) < 4.78 is 5.16. The number of nitrogen functional groups attached to an aromatic ring is 1. The van der Waals surface area contributed by atoms with Crippen molar-refractivity contribution in [3.8, 4) is 5.75 Å². The lowest BCUT2D eigenvalue weighted by Gasteiger charge is -2.10. The Kier molecular flexibility index (Phi) is 4.44. The molecule has 0 aromatic heterocycles. The van der Waals surface area contributed by atoms with Gasteiger partial charge < -0.3 is 10.5 Å². The Morgan fingerprint density at radius 3 is 2.48 bits per heavy atom. The molecule has 21 heavy (non-hydrogen) atoms. The minimum absolute atomic E-state index is 0.0387. The van der Waals surface area contributed by atoms with Gasteiger partial charge in [0.25, 0.3) is 5.69 Å². The van der Waals surface area contributed by atoms with Crippen molar-refractivity contribution >= 4 is 23.3 Å². The van der Waals surface area contributed by atoms with E-state index in [-0.39, 0.29) is 11.5 Å². The van der Waals surface area contributed by atoms with Crippen molar-refractivity contribution in [3.05, 3.63) is 58.1 Å². The first kappa shape index (κ1) is 14.9. The van der Waals surface area contributed by atoms with E-state index in [9.17, 15) is 10.1 Å². The van der Waals surface area contributed by atoms with Gasteiger partial charge in [0.15, 0.2) is 0 Å². The van der Waals surface area contributed by atoms with E-state index in [1.807, 2.05) is 0 Å². The van der Waals surface area contributed by atoms with Gasteiger partial charge in [0, 0.05) is 27.5 Å². The van der Waals surface area contributed by atoms with Gasteiger partial charge in [-0.15, -0.1) is 0 Å². The summed E-state index contributed by atoms with van der Waals surface area (Å²) in [6, 6.07) is 11.4. The van der Waals surface area contributed by atoms with Crippen LogP contribution in [0.3, 0.4) is 0 Å². The third-order valence-electron chi connectivity index (χ3n) is 2.75. The van der Waals surface area contributed by atoms with Crippen LogP contribution in [0.15, 0.2) is 52.3 Å². The molecule has 0 fully saturated rings. The molecule has 2 aromatic rings. The van der Waals surface area contributed by atoms with Crippen LogP contribution in [0.1, 0.15) is 5.56 Å². The molecule has 7 heteroatoms. The molecule has 3 N–H and O–H groups in total. The third kappa shape index (κ3) is 3.51. The molecule has 0 heterocycles. The molecule has 6 nitrogen and oxygen atoms in total. The summed E-state index contributed by atoms with van der Waals surface area (Å²) in [5.74, 6) is 0.617. The number of hydrogen-bond donors (Lipinski definition) is 2. The molecular formula is C14H13N3O3S. The molecule has 108 valence electrons. The van der Waals surface area contributed by atoms with Crippen LogP contribution in [0.25, 0.3) is 0 Å². The van der Waals surface area contributed by atoms with E-state index >= 15 is 0 Å². The van der Waals surface area contributed by atoms with Gasteiger partial charge in [0.05, 0.1) is 12.0 Å². The van der Waals surface area contributed by atoms with Crippen molar-refractivity contribution in [2.24, 2.45) is 5.73 Å². The Labute approximate surface area is 125 Å². The van der Waals surface area contributed by atoms with E-state index in [0.29, 0.717) is 11.3 Å². The third-order valence-corrected chi connectivity index (χ3v) is 3.82. The maximum atomic E-state index is 10.6. The van der Waals surface area contributed by atoms with Crippen molar-refractivity contribution in [2.75, 3.05) is 7.11 Å². The van der Waals surface area contributed by atoms with E-state index in [1.165, 1.54) is 23.9 Å². The predicted octanol–water partition coefficient (Wildman–Crippen LogP) is 3.04. The standard InChI is InChI=1S/C14H13N3O3S/c1-20-10-4-7-12(14(15)16)13(8-10)21-11-5-2-9(3-6-11)17(18)19/h2-8H,1H3,(H3,15,16).